The van der Waals surface area contributed by atoms with Gasteiger partial charge >= 0.3 is 0 Å². The average Bonchev–Trinajstić information content (AvgIpc) is 3.06. The van der Waals surface area contributed by atoms with Crippen molar-refractivity contribution in [2.45, 2.75) is 39.3 Å². The fourth-order valence-corrected chi connectivity index (χ4v) is 4.96. The van der Waals surface area contributed by atoms with E-state index in [1.807, 2.05) is 24.3 Å². The molecule has 1 spiro atoms. The van der Waals surface area contributed by atoms with E-state index in [1.54, 1.807) is 12.1 Å². The summed E-state index contributed by atoms with van der Waals surface area (Å²) in [6.45, 7) is 7.50. The molecule has 2 aromatic carbocycles. The molecule has 4 rings (SSSR count). The van der Waals surface area contributed by atoms with Gasteiger partial charge in [0.25, 0.3) is 0 Å². The van der Waals surface area contributed by atoms with Crippen molar-refractivity contribution in [3.63, 3.8) is 0 Å². The standard InChI is InChI=1S/C24H30FN3O/c1-19(29)26-22-9-7-20(8-10-22)15-28-14-12-24(18-28)11-4-13-27(17-24)16-21-5-2-3-6-23(21)25/h2-3,5-10H,4,11-18H2,1H3,(H,26,29)/t24-/m1/s1. The highest BCUT2D eigenvalue weighted by atomic mass is 19.1. The third-order valence-electron chi connectivity index (χ3n) is 6.29. The van der Waals surface area contributed by atoms with Crippen LogP contribution in [0.25, 0.3) is 0 Å². The molecular weight excluding hydrogens is 365 g/mol. The maximum atomic E-state index is 14.1. The van der Waals surface area contributed by atoms with Crippen LogP contribution >= 0.6 is 0 Å². The molecule has 0 bridgehead atoms. The largest absolute Gasteiger partial charge is 0.326 e. The van der Waals surface area contributed by atoms with Gasteiger partial charge in [-0.2, -0.15) is 0 Å². The van der Waals surface area contributed by atoms with Crippen LogP contribution in [0.3, 0.4) is 0 Å². The second-order valence-corrected chi connectivity index (χ2v) is 8.74. The lowest BCUT2D eigenvalue weighted by molar-refractivity contribution is -0.114. The molecule has 0 aliphatic carbocycles. The molecule has 5 heteroatoms. The summed E-state index contributed by atoms with van der Waals surface area (Å²) in [6.07, 6.45) is 3.66. The summed E-state index contributed by atoms with van der Waals surface area (Å²) < 4.78 is 14.1. The summed E-state index contributed by atoms with van der Waals surface area (Å²) in [5.74, 6) is -0.139. The van der Waals surface area contributed by atoms with Gasteiger partial charge in [-0.1, -0.05) is 30.3 Å². The number of nitrogens with one attached hydrogen (secondary N) is 1. The Morgan fingerprint density at radius 1 is 1.00 bits per heavy atom. The number of carbonyl (C=O) groups is 1. The van der Waals surface area contributed by atoms with Crippen molar-refractivity contribution >= 4 is 11.6 Å². The van der Waals surface area contributed by atoms with Crippen molar-refractivity contribution in [2.75, 3.05) is 31.5 Å². The summed E-state index contributed by atoms with van der Waals surface area (Å²) in [4.78, 5) is 16.1. The molecule has 2 heterocycles. The van der Waals surface area contributed by atoms with Gasteiger partial charge < -0.3 is 5.32 Å². The van der Waals surface area contributed by atoms with Crippen molar-refractivity contribution < 1.29 is 9.18 Å². The Morgan fingerprint density at radius 3 is 2.45 bits per heavy atom. The predicted molar refractivity (Wildman–Crippen MR) is 114 cm³/mol. The number of carbonyl (C=O) groups excluding carboxylic acids is 1. The first-order valence-corrected chi connectivity index (χ1v) is 10.6. The molecule has 1 amide bonds. The fourth-order valence-electron chi connectivity index (χ4n) is 4.96. The Hall–Kier alpha value is -2.24. The predicted octanol–water partition coefficient (Wildman–Crippen LogP) is 4.27. The van der Waals surface area contributed by atoms with Gasteiger partial charge in [-0.3, -0.25) is 14.6 Å². The van der Waals surface area contributed by atoms with Gasteiger partial charge in [0.05, 0.1) is 0 Å². The van der Waals surface area contributed by atoms with Crippen LogP contribution in [0, 0.1) is 11.2 Å². The van der Waals surface area contributed by atoms with E-state index in [0.29, 0.717) is 12.0 Å². The number of hydrogen-bond donors (Lipinski definition) is 1. The number of rotatable bonds is 5. The number of piperidine rings is 1. The maximum Gasteiger partial charge on any atom is 0.221 e. The van der Waals surface area contributed by atoms with E-state index in [4.69, 9.17) is 0 Å². The Morgan fingerprint density at radius 2 is 1.72 bits per heavy atom. The molecule has 1 atom stereocenters. The van der Waals surface area contributed by atoms with Crippen LogP contribution in [0.1, 0.15) is 37.3 Å². The van der Waals surface area contributed by atoms with E-state index in [1.165, 1.54) is 31.7 Å². The average molecular weight is 396 g/mol. The Balaban J connectivity index is 1.34. The van der Waals surface area contributed by atoms with E-state index in [2.05, 4.69) is 27.2 Å². The molecule has 1 N–H and O–H groups in total. The number of likely N-dealkylation sites (tertiary alicyclic amines) is 2. The number of benzene rings is 2. The third kappa shape index (κ3) is 5.03. The second kappa shape index (κ2) is 8.64. The van der Waals surface area contributed by atoms with E-state index in [0.717, 1.165) is 44.0 Å². The van der Waals surface area contributed by atoms with Crippen molar-refractivity contribution in [3.8, 4) is 0 Å². The minimum absolute atomic E-state index is 0.0449. The zero-order valence-corrected chi connectivity index (χ0v) is 17.2. The molecule has 154 valence electrons. The Bertz CT molecular complexity index is 853. The number of amides is 1. The zero-order valence-electron chi connectivity index (χ0n) is 17.2. The highest BCUT2D eigenvalue weighted by molar-refractivity contribution is 5.88. The summed E-state index contributed by atoms with van der Waals surface area (Å²) in [6, 6.07) is 15.3. The van der Waals surface area contributed by atoms with Crippen molar-refractivity contribution in [2.24, 2.45) is 5.41 Å². The van der Waals surface area contributed by atoms with Crippen molar-refractivity contribution in [3.05, 3.63) is 65.5 Å². The molecular formula is C24H30FN3O. The number of nitrogens with zero attached hydrogens (tertiary/aromatic N) is 2. The molecule has 2 fully saturated rings. The van der Waals surface area contributed by atoms with Gasteiger partial charge in [0.2, 0.25) is 5.91 Å². The van der Waals surface area contributed by atoms with Crippen LogP contribution in [0.15, 0.2) is 48.5 Å². The fraction of sp³-hybridized carbons (Fsp3) is 0.458. The van der Waals surface area contributed by atoms with Gasteiger partial charge in [-0.15, -0.1) is 0 Å². The van der Waals surface area contributed by atoms with E-state index >= 15 is 0 Å². The van der Waals surface area contributed by atoms with Crippen LogP contribution in [0.5, 0.6) is 0 Å². The molecule has 0 saturated carbocycles. The molecule has 0 aromatic heterocycles. The van der Waals surface area contributed by atoms with Crippen LogP contribution in [-0.2, 0) is 17.9 Å². The lowest BCUT2D eigenvalue weighted by Gasteiger charge is -2.40. The van der Waals surface area contributed by atoms with Gasteiger partial charge in [-0.25, -0.2) is 4.39 Å². The van der Waals surface area contributed by atoms with Crippen LogP contribution < -0.4 is 5.32 Å². The van der Waals surface area contributed by atoms with Crippen molar-refractivity contribution in [1.82, 2.24) is 9.80 Å². The molecule has 0 radical (unpaired) electrons. The molecule has 29 heavy (non-hydrogen) atoms. The van der Waals surface area contributed by atoms with Crippen LogP contribution in [0.2, 0.25) is 0 Å². The highest BCUT2D eigenvalue weighted by Gasteiger charge is 2.41. The normalized spacial score (nSPS) is 22.8. The first-order chi connectivity index (χ1) is 14.0. The van der Waals surface area contributed by atoms with Crippen LogP contribution in [-0.4, -0.2) is 41.9 Å². The lowest BCUT2D eigenvalue weighted by Crippen LogP contribution is -2.44. The van der Waals surface area contributed by atoms with Crippen molar-refractivity contribution in [1.29, 1.82) is 0 Å². The minimum Gasteiger partial charge on any atom is -0.326 e. The third-order valence-corrected chi connectivity index (χ3v) is 6.29. The number of hydrogen-bond acceptors (Lipinski definition) is 3. The lowest BCUT2D eigenvalue weighted by atomic mass is 9.79. The molecule has 2 saturated heterocycles. The first-order valence-electron chi connectivity index (χ1n) is 10.6. The highest BCUT2D eigenvalue weighted by Crippen LogP contribution is 2.40. The Kier molecular flexibility index (Phi) is 5.97. The molecule has 0 unspecified atom stereocenters. The number of halogens is 1. The zero-order chi connectivity index (χ0) is 20.3. The minimum atomic E-state index is -0.0946. The van der Waals surface area contributed by atoms with Gasteiger partial charge in [-0.05, 0) is 61.5 Å². The smallest absolute Gasteiger partial charge is 0.221 e. The maximum absolute atomic E-state index is 14.1. The van der Waals surface area contributed by atoms with E-state index < -0.39 is 0 Å². The van der Waals surface area contributed by atoms with Gasteiger partial charge in [0.1, 0.15) is 5.82 Å². The van der Waals surface area contributed by atoms with Gasteiger partial charge in [0, 0.05) is 44.4 Å². The summed E-state index contributed by atoms with van der Waals surface area (Å²) in [7, 11) is 0. The monoisotopic (exact) mass is 395 g/mol. The van der Waals surface area contributed by atoms with Crippen LogP contribution in [0.4, 0.5) is 10.1 Å². The first kappa shape index (κ1) is 20.0. The van der Waals surface area contributed by atoms with E-state index in [-0.39, 0.29) is 11.7 Å². The second-order valence-electron chi connectivity index (χ2n) is 8.74. The molecule has 4 nitrogen and oxygen atoms in total. The van der Waals surface area contributed by atoms with E-state index in [9.17, 15) is 9.18 Å². The number of anilines is 1. The van der Waals surface area contributed by atoms with Gasteiger partial charge in [0.15, 0.2) is 0 Å². The topological polar surface area (TPSA) is 35.6 Å². The summed E-state index contributed by atoms with van der Waals surface area (Å²) in [5, 5.41) is 2.82. The SMILES string of the molecule is CC(=O)Nc1ccc(CN2CC[C@@]3(CCCN(Cc4ccccc4F)C3)C2)cc1. The quantitative estimate of drug-likeness (QED) is 0.821. The molecule has 2 aliphatic heterocycles. The molecule has 2 aliphatic rings. The summed E-state index contributed by atoms with van der Waals surface area (Å²) >= 11 is 0. The molecule has 2 aromatic rings. The Labute approximate surface area is 172 Å². The summed E-state index contributed by atoms with van der Waals surface area (Å²) in [5.41, 5.74) is 3.25.